The van der Waals surface area contributed by atoms with Gasteiger partial charge in [0.05, 0.1) is 17.7 Å². The predicted molar refractivity (Wildman–Crippen MR) is 129 cm³/mol. The van der Waals surface area contributed by atoms with Crippen LogP contribution in [0.25, 0.3) is 0 Å². The van der Waals surface area contributed by atoms with Crippen molar-refractivity contribution in [2.45, 2.75) is 52.0 Å². The van der Waals surface area contributed by atoms with Crippen LogP contribution in [0.2, 0.25) is 0 Å². The normalized spacial score (nSPS) is 14.1. The van der Waals surface area contributed by atoms with Crippen LogP contribution < -0.4 is 10.6 Å². The first-order valence-corrected chi connectivity index (χ1v) is 12.1. The maximum atomic E-state index is 12.8. The number of likely N-dealkylation sites (tertiary alicyclic amines) is 1. The SMILES string of the molecule is CC.Fc1ccccc1.O=C(CNCCN1CCCCC1)NCc1cc(C(F)(F)F)cc(C(F)(F)F)c1. The summed E-state index contributed by atoms with van der Waals surface area (Å²) in [5.74, 6) is -0.674. The van der Waals surface area contributed by atoms with Crippen molar-refractivity contribution in [2.24, 2.45) is 0 Å². The number of piperidine rings is 1. The van der Waals surface area contributed by atoms with Crippen LogP contribution in [0, 0.1) is 5.82 Å². The highest BCUT2D eigenvalue weighted by Crippen LogP contribution is 2.36. The third-order valence-corrected chi connectivity index (χ3v) is 5.21. The Kier molecular flexibility index (Phi) is 14.2. The standard InChI is InChI=1S/C18H23F6N3O.C6H5F.C2H6/c19-17(20,21)14-8-13(9-15(10-14)18(22,23)24)11-26-16(28)12-25-4-7-27-5-2-1-3-6-27;7-6-4-2-1-3-5-6;1-2/h8-10,25H,1-7,11-12H2,(H,26,28);1-5H;1-2H3. The van der Waals surface area contributed by atoms with Gasteiger partial charge < -0.3 is 15.5 Å². The van der Waals surface area contributed by atoms with Gasteiger partial charge >= 0.3 is 12.4 Å². The number of hydrogen-bond donors (Lipinski definition) is 2. The third kappa shape index (κ3) is 13.5. The molecule has 1 amide bonds. The van der Waals surface area contributed by atoms with Crippen LogP contribution in [0.1, 0.15) is 49.8 Å². The van der Waals surface area contributed by atoms with E-state index in [0.717, 1.165) is 32.5 Å². The Morgan fingerprint density at radius 3 is 1.86 bits per heavy atom. The minimum Gasteiger partial charge on any atom is -0.351 e. The van der Waals surface area contributed by atoms with Gasteiger partial charge in [-0.1, -0.05) is 38.5 Å². The minimum atomic E-state index is -4.91. The average Bonchev–Trinajstić information content (AvgIpc) is 2.87. The first-order valence-electron chi connectivity index (χ1n) is 12.1. The van der Waals surface area contributed by atoms with Crippen LogP contribution in [0.4, 0.5) is 30.7 Å². The number of carbonyl (C=O) groups is 1. The van der Waals surface area contributed by atoms with E-state index in [4.69, 9.17) is 0 Å². The molecule has 3 rings (SSSR count). The monoisotopic (exact) mass is 537 g/mol. The minimum absolute atomic E-state index is 0.0566. The number of rotatable bonds is 7. The Morgan fingerprint density at radius 1 is 0.865 bits per heavy atom. The summed E-state index contributed by atoms with van der Waals surface area (Å²) in [4.78, 5) is 14.1. The second-order valence-corrected chi connectivity index (χ2v) is 8.07. The van der Waals surface area contributed by atoms with E-state index >= 15 is 0 Å². The number of benzene rings is 2. The molecule has 0 bridgehead atoms. The summed E-state index contributed by atoms with van der Waals surface area (Å²) < 4.78 is 88.9. The van der Waals surface area contributed by atoms with E-state index in [1.807, 2.05) is 13.8 Å². The van der Waals surface area contributed by atoms with Gasteiger partial charge in [-0.25, -0.2) is 4.39 Å². The lowest BCUT2D eigenvalue weighted by molar-refractivity contribution is -0.143. The van der Waals surface area contributed by atoms with E-state index in [0.29, 0.717) is 18.7 Å². The van der Waals surface area contributed by atoms with Gasteiger partial charge in [-0.3, -0.25) is 4.79 Å². The number of alkyl halides is 6. The molecule has 4 nitrogen and oxygen atoms in total. The summed E-state index contributed by atoms with van der Waals surface area (Å²) in [5, 5.41) is 5.27. The number of halogens is 7. The molecule has 0 radical (unpaired) electrons. The lowest BCUT2D eigenvalue weighted by Gasteiger charge is -2.26. The smallest absolute Gasteiger partial charge is 0.351 e. The summed E-state index contributed by atoms with van der Waals surface area (Å²) in [6.45, 7) is 6.93. The first kappa shape index (κ1) is 32.4. The van der Waals surface area contributed by atoms with Gasteiger partial charge in [-0.05, 0) is 61.8 Å². The van der Waals surface area contributed by atoms with Crippen LogP contribution in [-0.4, -0.2) is 43.5 Å². The Balaban J connectivity index is 0.000000645. The number of nitrogens with zero attached hydrogens (tertiary/aromatic N) is 1. The van der Waals surface area contributed by atoms with Crippen LogP contribution >= 0.6 is 0 Å². The van der Waals surface area contributed by atoms with Gasteiger partial charge in [0.2, 0.25) is 5.91 Å². The van der Waals surface area contributed by atoms with Crippen molar-refractivity contribution < 1.29 is 35.5 Å². The molecule has 208 valence electrons. The van der Waals surface area contributed by atoms with Gasteiger partial charge in [-0.15, -0.1) is 0 Å². The molecule has 2 N–H and O–H groups in total. The van der Waals surface area contributed by atoms with E-state index in [2.05, 4.69) is 15.5 Å². The van der Waals surface area contributed by atoms with Gasteiger partial charge in [0.25, 0.3) is 0 Å². The largest absolute Gasteiger partial charge is 0.416 e. The third-order valence-electron chi connectivity index (χ3n) is 5.21. The fraction of sp³-hybridized carbons (Fsp3) is 0.500. The van der Waals surface area contributed by atoms with E-state index in [1.165, 1.54) is 18.6 Å². The zero-order chi connectivity index (χ0) is 27.9. The summed E-state index contributed by atoms with van der Waals surface area (Å²) in [6, 6.07) is 9.22. The molecular formula is C26H34F7N3O. The number of hydrogen-bond acceptors (Lipinski definition) is 3. The molecule has 1 aliphatic rings. The predicted octanol–water partition coefficient (Wildman–Crippen LogP) is 6.27. The van der Waals surface area contributed by atoms with Crippen molar-refractivity contribution in [1.82, 2.24) is 15.5 Å². The van der Waals surface area contributed by atoms with Crippen LogP contribution in [0.15, 0.2) is 48.5 Å². The first-order chi connectivity index (χ1) is 17.4. The summed E-state index contributed by atoms with van der Waals surface area (Å²) >= 11 is 0. The molecule has 1 aliphatic heterocycles. The Hall–Kier alpha value is -2.66. The number of nitrogens with one attached hydrogen (secondary N) is 2. The lowest BCUT2D eigenvalue weighted by atomic mass is 10.0. The molecule has 1 fully saturated rings. The Morgan fingerprint density at radius 2 is 1.41 bits per heavy atom. The molecule has 0 aromatic heterocycles. The van der Waals surface area contributed by atoms with Crippen LogP contribution in [-0.2, 0) is 23.7 Å². The summed E-state index contributed by atoms with van der Waals surface area (Å²) in [5.41, 5.74) is -3.05. The van der Waals surface area contributed by atoms with Crippen molar-refractivity contribution >= 4 is 5.91 Å². The molecule has 1 heterocycles. The fourth-order valence-electron chi connectivity index (χ4n) is 3.42. The van der Waals surface area contributed by atoms with Crippen molar-refractivity contribution in [1.29, 1.82) is 0 Å². The molecule has 2 aromatic rings. The zero-order valence-electron chi connectivity index (χ0n) is 21.0. The van der Waals surface area contributed by atoms with Crippen LogP contribution in [0.3, 0.4) is 0 Å². The van der Waals surface area contributed by atoms with E-state index < -0.39 is 35.9 Å². The second kappa shape index (κ2) is 16.2. The second-order valence-electron chi connectivity index (χ2n) is 8.07. The fourth-order valence-corrected chi connectivity index (χ4v) is 3.42. The van der Waals surface area contributed by atoms with Gasteiger partial charge in [0.15, 0.2) is 0 Å². The van der Waals surface area contributed by atoms with Gasteiger partial charge in [0, 0.05) is 19.6 Å². The number of carbonyl (C=O) groups excluding carboxylic acids is 1. The number of amides is 1. The molecule has 2 aromatic carbocycles. The van der Waals surface area contributed by atoms with E-state index in [-0.39, 0.29) is 24.0 Å². The molecular weight excluding hydrogens is 503 g/mol. The highest BCUT2D eigenvalue weighted by Gasteiger charge is 2.36. The van der Waals surface area contributed by atoms with Crippen LogP contribution in [0.5, 0.6) is 0 Å². The van der Waals surface area contributed by atoms with E-state index in [9.17, 15) is 35.5 Å². The van der Waals surface area contributed by atoms with Crippen molar-refractivity contribution in [3.05, 3.63) is 71.0 Å². The molecule has 0 spiro atoms. The van der Waals surface area contributed by atoms with Gasteiger partial charge in [-0.2, -0.15) is 26.3 Å². The molecule has 0 saturated carbocycles. The van der Waals surface area contributed by atoms with Crippen molar-refractivity contribution in [3.63, 3.8) is 0 Å². The Labute approximate surface area is 213 Å². The average molecular weight is 538 g/mol. The highest BCUT2D eigenvalue weighted by molar-refractivity contribution is 5.77. The molecule has 0 atom stereocenters. The zero-order valence-corrected chi connectivity index (χ0v) is 21.0. The highest BCUT2D eigenvalue weighted by atomic mass is 19.4. The topological polar surface area (TPSA) is 44.4 Å². The maximum Gasteiger partial charge on any atom is 0.416 e. The molecule has 37 heavy (non-hydrogen) atoms. The Bertz CT molecular complexity index is 880. The quantitative estimate of drug-likeness (QED) is 0.323. The summed E-state index contributed by atoms with van der Waals surface area (Å²) in [6.07, 6.45) is -6.29. The molecule has 11 heteroatoms. The molecule has 1 saturated heterocycles. The van der Waals surface area contributed by atoms with Crippen molar-refractivity contribution in [3.8, 4) is 0 Å². The summed E-state index contributed by atoms with van der Waals surface area (Å²) in [7, 11) is 0. The van der Waals surface area contributed by atoms with E-state index in [1.54, 1.807) is 18.2 Å². The molecule has 0 aliphatic carbocycles. The molecule has 0 unspecified atom stereocenters. The maximum absolute atomic E-state index is 12.8. The van der Waals surface area contributed by atoms with Gasteiger partial charge in [0.1, 0.15) is 5.82 Å². The van der Waals surface area contributed by atoms with Crippen molar-refractivity contribution in [2.75, 3.05) is 32.7 Å². The lowest BCUT2D eigenvalue weighted by Crippen LogP contribution is -2.39.